The van der Waals surface area contributed by atoms with E-state index in [-0.39, 0.29) is 29.8 Å². The minimum atomic E-state index is -0.814. The van der Waals surface area contributed by atoms with Crippen LogP contribution in [-0.4, -0.2) is 30.2 Å². The molecule has 1 aliphatic heterocycles. The molecule has 3 aliphatic rings. The molecule has 0 N–H and O–H groups in total. The van der Waals surface area contributed by atoms with E-state index >= 15 is 8.78 Å². The van der Waals surface area contributed by atoms with Gasteiger partial charge in [0.1, 0.15) is 11.5 Å². The average molecular weight is 530 g/mol. The predicted octanol–water partition coefficient (Wildman–Crippen LogP) is 6.23. The number of ether oxygens (including phenoxy) is 2. The molecule has 7 nitrogen and oxygen atoms in total. The molecule has 2 saturated carbocycles. The summed E-state index contributed by atoms with van der Waals surface area (Å²) in [7, 11) is 2.67. The molecule has 1 aromatic carbocycles. The van der Waals surface area contributed by atoms with Gasteiger partial charge >= 0.3 is 0 Å². The molecular weight excluding hydrogens is 500 g/mol. The van der Waals surface area contributed by atoms with E-state index in [2.05, 4.69) is 27.5 Å². The van der Waals surface area contributed by atoms with Crippen molar-refractivity contribution in [1.29, 1.82) is 5.26 Å². The molecule has 3 heterocycles. The van der Waals surface area contributed by atoms with E-state index in [4.69, 9.17) is 9.47 Å². The molecule has 0 spiro atoms. The van der Waals surface area contributed by atoms with Gasteiger partial charge in [-0.05, 0) is 56.7 Å². The molecule has 2 fully saturated rings. The lowest BCUT2D eigenvalue weighted by atomic mass is 9.67. The van der Waals surface area contributed by atoms with Crippen molar-refractivity contribution in [3.8, 4) is 28.8 Å². The van der Waals surface area contributed by atoms with E-state index in [1.165, 1.54) is 25.2 Å². The molecule has 2 aliphatic carbocycles. The van der Waals surface area contributed by atoms with E-state index in [1.807, 2.05) is 18.2 Å². The Morgan fingerprint density at radius 2 is 1.74 bits per heavy atom. The molecule has 0 radical (unpaired) electrons. The Labute approximate surface area is 226 Å². The number of rotatable bonds is 6. The van der Waals surface area contributed by atoms with Gasteiger partial charge in [-0.15, -0.1) is 0 Å². The molecule has 9 heteroatoms. The van der Waals surface area contributed by atoms with Gasteiger partial charge in [-0.3, -0.25) is 9.97 Å². The highest BCUT2D eigenvalue weighted by molar-refractivity contribution is 5.75. The van der Waals surface area contributed by atoms with E-state index < -0.39 is 17.0 Å². The number of aromatic nitrogens is 2. The quantitative estimate of drug-likeness (QED) is 0.375. The van der Waals surface area contributed by atoms with Gasteiger partial charge in [0.05, 0.1) is 49.3 Å². The fourth-order valence-electron chi connectivity index (χ4n) is 5.66. The van der Waals surface area contributed by atoms with Crippen LogP contribution in [0.4, 0.5) is 20.2 Å². The van der Waals surface area contributed by atoms with Crippen LogP contribution in [0.2, 0.25) is 0 Å². The molecule has 39 heavy (non-hydrogen) atoms. The number of pyridine rings is 2. The Hall–Kier alpha value is -4.19. The normalized spacial score (nSPS) is 18.1. The van der Waals surface area contributed by atoms with Gasteiger partial charge in [0.15, 0.2) is 23.1 Å². The van der Waals surface area contributed by atoms with E-state index in [0.717, 1.165) is 66.7 Å². The van der Waals surface area contributed by atoms with Crippen LogP contribution in [0.15, 0.2) is 49.1 Å². The van der Waals surface area contributed by atoms with Crippen molar-refractivity contribution in [3.05, 3.63) is 72.0 Å². The summed E-state index contributed by atoms with van der Waals surface area (Å²) in [6.45, 7) is 4.47. The first-order valence-corrected chi connectivity index (χ1v) is 13.1. The first-order valence-electron chi connectivity index (χ1n) is 13.1. The monoisotopic (exact) mass is 529 g/mol. The molecule has 0 unspecified atom stereocenters. The van der Waals surface area contributed by atoms with Crippen LogP contribution in [0.3, 0.4) is 0 Å². The summed E-state index contributed by atoms with van der Waals surface area (Å²) in [6, 6.07) is 9.67. The number of anilines is 2. The standard InChI is InChI=1S/C30H29F2N5O2/c1-18-36(29-27(31)24(38-2)13-25(39-3)28(29)32)16-20-15-34-22(12-23(20)37(18)21-6-4-7-21)19-8-9-26(35-14-19)30(17-33)10-5-11-30/h8-9,12-15,21H,1,4-7,10-11,16H2,2-3H3. The average Bonchev–Trinajstić information content (AvgIpc) is 2.90. The number of hydrogen-bond acceptors (Lipinski definition) is 7. The fourth-order valence-corrected chi connectivity index (χ4v) is 5.66. The number of fused-ring (bicyclic) bond motifs is 1. The lowest BCUT2D eigenvalue weighted by Crippen LogP contribution is -2.48. The smallest absolute Gasteiger partial charge is 0.191 e. The van der Waals surface area contributed by atoms with Crippen LogP contribution >= 0.6 is 0 Å². The number of nitrogens with zero attached hydrogens (tertiary/aromatic N) is 5. The number of halogens is 2. The molecular formula is C30H29F2N5O2. The van der Waals surface area contributed by atoms with E-state index in [1.54, 1.807) is 12.4 Å². The number of nitriles is 1. The second-order valence-electron chi connectivity index (χ2n) is 10.4. The van der Waals surface area contributed by atoms with Crippen molar-refractivity contribution in [2.24, 2.45) is 0 Å². The lowest BCUT2D eigenvalue weighted by molar-refractivity contribution is 0.316. The Morgan fingerprint density at radius 1 is 1.03 bits per heavy atom. The van der Waals surface area contributed by atoms with Crippen molar-refractivity contribution in [2.45, 2.75) is 56.5 Å². The molecule has 2 aromatic heterocycles. The van der Waals surface area contributed by atoms with Crippen LogP contribution in [0.25, 0.3) is 11.3 Å². The van der Waals surface area contributed by atoms with E-state index in [0.29, 0.717) is 5.82 Å². The third-order valence-electron chi connectivity index (χ3n) is 8.37. The van der Waals surface area contributed by atoms with Gasteiger partial charge in [0.2, 0.25) is 0 Å². The van der Waals surface area contributed by atoms with Crippen molar-refractivity contribution < 1.29 is 18.3 Å². The van der Waals surface area contributed by atoms with Gasteiger partial charge < -0.3 is 19.3 Å². The molecule has 0 atom stereocenters. The third-order valence-corrected chi connectivity index (χ3v) is 8.37. The topological polar surface area (TPSA) is 74.5 Å². The Kier molecular flexibility index (Phi) is 6.13. The Bertz CT molecular complexity index is 1460. The number of hydrogen-bond donors (Lipinski definition) is 0. The van der Waals surface area contributed by atoms with Crippen LogP contribution < -0.4 is 19.3 Å². The SMILES string of the molecule is C=C1N(c2c(F)c(OC)cc(OC)c2F)Cc2cnc(-c3ccc(C4(C#N)CCC4)nc3)cc2N1C1CCC1. The first-order chi connectivity index (χ1) is 18.9. The largest absolute Gasteiger partial charge is 0.493 e. The van der Waals surface area contributed by atoms with Crippen LogP contribution in [0.1, 0.15) is 49.8 Å². The Morgan fingerprint density at radius 3 is 2.26 bits per heavy atom. The zero-order chi connectivity index (χ0) is 27.3. The fraction of sp³-hybridized carbons (Fsp3) is 0.367. The maximum absolute atomic E-state index is 15.5. The maximum atomic E-state index is 15.5. The minimum Gasteiger partial charge on any atom is -0.493 e. The van der Waals surface area contributed by atoms with Gasteiger partial charge in [-0.25, -0.2) is 8.78 Å². The third kappa shape index (κ3) is 3.89. The zero-order valence-corrected chi connectivity index (χ0v) is 22.0. The Balaban J connectivity index is 1.40. The highest BCUT2D eigenvalue weighted by Crippen LogP contribution is 2.46. The van der Waals surface area contributed by atoms with Gasteiger partial charge in [-0.2, -0.15) is 5.26 Å². The second kappa shape index (κ2) is 9.53. The summed E-state index contributed by atoms with van der Waals surface area (Å²) < 4.78 is 41.3. The van der Waals surface area contributed by atoms with Gasteiger partial charge in [0, 0.05) is 35.6 Å². The number of benzene rings is 1. The predicted molar refractivity (Wildman–Crippen MR) is 144 cm³/mol. The summed E-state index contributed by atoms with van der Waals surface area (Å²) in [6.07, 6.45) is 9.20. The van der Waals surface area contributed by atoms with Crippen molar-refractivity contribution in [1.82, 2.24) is 9.97 Å². The molecule has 6 rings (SSSR count). The van der Waals surface area contributed by atoms with Gasteiger partial charge in [-0.1, -0.05) is 6.58 Å². The van der Waals surface area contributed by atoms with Crippen molar-refractivity contribution >= 4 is 11.4 Å². The highest BCUT2D eigenvalue weighted by atomic mass is 19.1. The summed E-state index contributed by atoms with van der Waals surface area (Å²) in [5.74, 6) is -1.37. The van der Waals surface area contributed by atoms with Crippen LogP contribution in [0.5, 0.6) is 11.5 Å². The molecule has 200 valence electrons. The van der Waals surface area contributed by atoms with Crippen molar-refractivity contribution in [2.75, 3.05) is 24.0 Å². The van der Waals surface area contributed by atoms with Crippen LogP contribution in [0, 0.1) is 23.0 Å². The minimum absolute atomic E-state index is 0.110. The lowest BCUT2D eigenvalue weighted by Gasteiger charge is -2.47. The molecule has 0 saturated heterocycles. The zero-order valence-electron chi connectivity index (χ0n) is 22.0. The summed E-state index contributed by atoms with van der Waals surface area (Å²) in [5.41, 5.74) is 3.37. The van der Waals surface area contributed by atoms with Gasteiger partial charge in [0.25, 0.3) is 0 Å². The maximum Gasteiger partial charge on any atom is 0.191 e. The summed E-state index contributed by atoms with van der Waals surface area (Å²) >= 11 is 0. The number of methoxy groups -OCH3 is 2. The molecule has 3 aromatic rings. The van der Waals surface area contributed by atoms with Crippen LogP contribution in [-0.2, 0) is 12.0 Å². The van der Waals surface area contributed by atoms with E-state index in [9.17, 15) is 5.26 Å². The molecule has 0 bridgehead atoms. The summed E-state index contributed by atoms with van der Waals surface area (Å²) in [5, 5.41) is 9.66. The highest BCUT2D eigenvalue weighted by Gasteiger charge is 2.41. The summed E-state index contributed by atoms with van der Waals surface area (Å²) in [4.78, 5) is 12.9. The first kappa shape index (κ1) is 25.1. The second-order valence-corrected chi connectivity index (χ2v) is 10.4. The van der Waals surface area contributed by atoms with Crippen molar-refractivity contribution in [3.63, 3.8) is 0 Å². The molecule has 0 amide bonds.